The van der Waals surface area contributed by atoms with E-state index in [1.807, 2.05) is 13.8 Å². The number of benzene rings is 1. The Morgan fingerprint density at radius 3 is 2.79 bits per heavy atom. The van der Waals surface area contributed by atoms with Crippen molar-refractivity contribution in [3.63, 3.8) is 0 Å². The standard InChI is InChI=1S/C11H16FNO/c1-8-6-10(12)4-5-11(8)13-7-9(2)14-3/h4-6,9,13H,7H2,1-3H3. The van der Waals surface area contributed by atoms with Gasteiger partial charge in [-0.2, -0.15) is 0 Å². The fourth-order valence-electron chi connectivity index (χ4n) is 1.16. The van der Waals surface area contributed by atoms with Crippen molar-refractivity contribution in [2.75, 3.05) is 19.0 Å². The van der Waals surface area contributed by atoms with Crippen molar-refractivity contribution >= 4 is 5.69 Å². The summed E-state index contributed by atoms with van der Waals surface area (Å²) in [7, 11) is 1.67. The lowest BCUT2D eigenvalue weighted by Crippen LogP contribution is -2.18. The second-order valence-corrected chi connectivity index (χ2v) is 3.39. The highest BCUT2D eigenvalue weighted by molar-refractivity contribution is 5.50. The van der Waals surface area contributed by atoms with Gasteiger partial charge in [0, 0.05) is 19.3 Å². The Morgan fingerprint density at radius 2 is 2.21 bits per heavy atom. The summed E-state index contributed by atoms with van der Waals surface area (Å²) in [6, 6.07) is 4.71. The van der Waals surface area contributed by atoms with Gasteiger partial charge in [-0.15, -0.1) is 0 Å². The molecule has 1 N–H and O–H groups in total. The average molecular weight is 197 g/mol. The highest BCUT2D eigenvalue weighted by Crippen LogP contribution is 2.15. The molecule has 0 fully saturated rings. The zero-order chi connectivity index (χ0) is 10.6. The van der Waals surface area contributed by atoms with E-state index >= 15 is 0 Å². The molecule has 0 spiro atoms. The van der Waals surface area contributed by atoms with Crippen molar-refractivity contribution in [3.05, 3.63) is 29.6 Å². The van der Waals surface area contributed by atoms with Crippen molar-refractivity contribution in [2.24, 2.45) is 0 Å². The van der Waals surface area contributed by atoms with E-state index in [0.717, 1.165) is 17.8 Å². The van der Waals surface area contributed by atoms with Crippen LogP contribution in [0.15, 0.2) is 18.2 Å². The summed E-state index contributed by atoms with van der Waals surface area (Å²) in [5.41, 5.74) is 1.86. The van der Waals surface area contributed by atoms with Gasteiger partial charge in [0.2, 0.25) is 0 Å². The van der Waals surface area contributed by atoms with Crippen molar-refractivity contribution in [3.8, 4) is 0 Å². The van der Waals surface area contributed by atoms with Crippen LogP contribution >= 0.6 is 0 Å². The third kappa shape index (κ3) is 3.00. The molecule has 1 atom stereocenters. The lowest BCUT2D eigenvalue weighted by Gasteiger charge is -2.13. The molecule has 2 nitrogen and oxygen atoms in total. The fraction of sp³-hybridized carbons (Fsp3) is 0.455. The van der Waals surface area contributed by atoms with Gasteiger partial charge < -0.3 is 10.1 Å². The fourth-order valence-corrected chi connectivity index (χ4v) is 1.16. The smallest absolute Gasteiger partial charge is 0.123 e. The Labute approximate surface area is 84.1 Å². The van der Waals surface area contributed by atoms with E-state index in [4.69, 9.17) is 4.74 Å². The first-order valence-corrected chi connectivity index (χ1v) is 4.66. The van der Waals surface area contributed by atoms with Crippen LogP contribution in [0.4, 0.5) is 10.1 Å². The van der Waals surface area contributed by atoms with E-state index in [2.05, 4.69) is 5.32 Å². The summed E-state index contributed by atoms with van der Waals surface area (Å²) in [6.45, 7) is 4.58. The molecule has 1 unspecified atom stereocenters. The maximum atomic E-state index is 12.8. The minimum Gasteiger partial charge on any atom is -0.382 e. The molecule has 0 aromatic heterocycles. The van der Waals surface area contributed by atoms with E-state index < -0.39 is 0 Å². The lowest BCUT2D eigenvalue weighted by molar-refractivity contribution is 0.129. The average Bonchev–Trinajstić information content (AvgIpc) is 2.16. The quantitative estimate of drug-likeness (QED) is 0.801. The zero-order valence-corrected chi connectivity index (χ0v) is 8.80. The Balaban J connectivity index is 2.59. The summed E-state index contributed by atoms with van der Waals surface area (Å²) < 4.78 is 17.9. The first-order chi connectivity index (χ1) is 6.63. The number of ether oxygens (including phenoxy) is 1. The van der Waals surface area contributed by atoms with Gasteiger partial charge in [-0.05, 0) is 37.6 Å². The van der Waals surface area contributed by atoms with E-state index in [9.17, 15) is 4.39 Å². The molecule has 78 valence electrons. The molecule has 0 bridgehead atoms. The van der Waals surface area contributed by atoms with Gasteiger partial charge in [-0.25, -0.2) is 4.39 Å². The van der Waals surface area contributed by atoms with Gasteiger partial charge in [0.1, 0.15) is 5.82 Å². The third-order valence-corrected chi connectivity index (χ3v) is 2.17. The Morgan fingerprint density at radius 1 is 1.50 bits per heavy atom. The van der Waals surface area contributed by atoms with Gasteiger partial charge >= 0.3 is 0 Å². The minimum absolute atomic E-state index is 0.152. The lowest BCUT2D eigenvalue weighted by atomic mass is 10.2. The van der Waals surface area contributed by atoms with Crippen LogP contribution < -0.4 is 5.32 Å². The van der Waals surface area contributed by atoms with E-state index in [0.29, 0.717) is 0 Å². The number of halogens is 1. The summed E-state index contributed by atoms with van der Waals surface area (Å²) in [5.74, 6) is -0.201. The largest absolute Gasteiger partial charge is 0.382 e. The summed E-state index contributed by atoms with van der Waals surface area (Å²) in [6.07, 6.45) is 0.152. The SMILES string of the molecule is COC(C)CNc1ccc(F)cc1C. The number of anilines is 1. The van der Waals surface area contributed by atoms with Gasteiger partial charge in [0.25, 0.3) is 0 Å². The number of methoxy groups -OCH3 is 1. The van der Waals surface area contributed by atoms with Crippen LogP contribution in [0.5, 0.6) is 0 Å². The Kier molecular flexibility index (Phi) is 3.89. The van der Waals surface area contributed by atoms with Gasteiger partial charge in [0.05, 0.1) is 6.10 Å². The number of hydrogen-bond donors (Lipinski definition) is 1. The number of aryl methyl sites for hydroxylation is 1. The Bertz CT molecular complexity index is 301. The monoisotopic (exact) mass is 197 g/mol. The van der Waals surface area contributed by atoms with E-state index in [-0.39, 0.29) is 11.9 Å². The maximum absolute atomic E-state index is 12.8. The molecule has 0 amide bonds. The van der Waals surface area contributed by atoms with Crippen LogP contribution in [0.25, 0.3) is 0 Å². The molecule has 3 heteroatoms. The highest BCUT2D eigenvalue weighted by Gasteiger charge is 2.02. The summed E-state index contributed by atoms with van der Waals surface area (Å²) in [5, 5.41) is 3.20. The molecule has 1 rings (SSSR count). The second-order valence-electron chi connectivity index (χ2n) is 3.39. The molecule has 0 saturated heterocycles. The second kappa shape index (κ2) is 4.96. The topological polar surface area (TPSA) is 21.3 Å². The summed E-state index contributed by atoms with van der Waals surface area (Å²) in [4.78, 5) is 0. The number of hydrogen-bond acceptors (Lipinski definition) is 2. The first kappa shape index (κ1) is 11.0. The van der Waals surface area contributed by atoms with E-state index in [1.165, 1.54) is 12.1 Å². The van der Waals surface area contributed by atoms with Crippen LogP contribution in [0.3, 0.4) is 0 Å². The van der Waals surface area contributed by atoms with Crippen molar-refractivity contribution in [1.29, 1.82) is 0 Å². The molecule has 0 radical (unpaired) electrons. The van der Waals surface area contributed by atoms with Gasteiger partial charge in [-0.3, -0.25) is 0 Å². The van der Waals surface area contributed by atoms with Crippen molar-refractivity contribution < 1.29 is 9.13 Å². The van der Waals surface area contributed by atoms with Gasteiger partial charge in [-0.1, -0.05) is 0 Å². The first-order valence-electron chi connectivity index (χ1n) is 4.66. The molecule has 14 heavy (non-hydrogen) atoms. The molecule has 0 heterocycles. The molecule has 0 aliphatic carbocycles. The van der Waals surface area contributed by atoms with Crippen molar-refractivity contribution in [2.45, 2.75) is 20.0 Å². The van der Waals surface area contributed by atoms with Gasteiger partial charge in [0.15, 0.2) is 0 Å². The molecule has 0 aliphatic heterocycles. The molecular formula is C11H16FNO. The predicted octanol–water partition coefficient (Wildman–Crippen LogP) is 2.58. The minimum atomic E-state index is -0.201. The highest BCUT2D eigenvalue weighted by atomic mass is 19.1. The third-order valence-electron chi connectivity index (χ3n) is 2.17. The van der Waals surface area contributed by atoms with E-state index in [1.54, 1.807) is 13.2 Å². The molecule has 1 aromatic carbocycles. The maximum Gasteiger partial charge on any atom is 0.123 e. The van der Waals surface area contributed by atoms with Crippen LogP contribution in [0, 0.1) is 12.7 Å². The normalized spacial score (nSPS) is 12.6. The van der Waals surface area contributed by atoms with Crippen molar-refractivity contribution in [1.82, 2.24) is 0 Å². The number of rotatable bonds is 4. The van der Waals surface area contributed by atoms with Crippen LogP contribution in [0.1, 0.15) is 12.5 Å². The van der Waals surface area contributed by atoms with Crippen LogP contribution in [0.2, 0.25) is 0 Å². The predicted molar refractivity (Wildman–Crippen MR) is 56.1 cm³/mol. The molecular weight excluding hydrogens is 181 g/mol. The van der Waals surface area contributed by atoms with Crippen LogP contribution in [-0.2, 0) is 4.74 Å². The molecule has 0 saturated carbocycles. The molecule has 0 aliphatic rings. The summed E-state index contributed by atoms with van der Waals surface area (Å²) >= 11 is 0. The number of nitrogens with one attached hydrogen (secondary N) is 1. The van der Waals surface area contributed by atoms with Crippen LogP contribution in [-0.4, -0.2) is 19.8 Å². The molecule has 1 aromatic rings. The zero-order valence-electron chi connectivity index (χ0n) is 8.80. The Hall–Kier alpha value is -1.09.